The third kappa shape index (κ3) is 5.83. The van der Waals surface area contributed by atoms with Gasteiger partial charge in [0.2, 0.25) is 5.91 Å². The molecule has 8 nitrogen and oxygen atoms in total. The van der Waals surface area contributed by atoms with Crippen molar-refractivity contribution in [3.05, 3.63) is 66.0 Å². The summed E-state index contributed by atoms with van der Waals surface area (Å²) >= 11 is 0. The number of alkyl carbamates (subject to hydrolysis) is 1. The number of rotatable bonds is 7. The lowest BCUT2D eigenvalue weighted by atomic mass is 9.85. The van der Waals surface area contributed by atoms with E-state index in [0.29, 0.717) is 29.1 Å². The van der Waals surface area contributed by atoms with Crippen LogP contribution in [0, 0.1) is 11.7 Å². The Hall–Kier alpha value is -3.85. The van der Waals surface area contributed by atoms with Crippen LogP contribution in [-0.4, -0.2) is 35.3 Å². The lowest BCUT2D eigenvalue weighted by Gasteiger charge is -2.27. The molecule has 2 saturated carbocycles. The van der Waals surface area contributed by atoms with E-state index >= 15 is 0 Å². The van der Waals surface area contributed by atoms with Crippen LogP contribution in [0.1, 0.15) is 50.5 Å². The van der Waals surface area contributed by atoms with Gasteiger partial charge in [0, 0.05) is 35.7 Å². The second-order valence-corrected chi connectivity index (χ2v) is 10.3. The summed E-state index contributed by atoms with van der Waals surface area (Å²) in [7, 11) is 1.54. The van der Waals surface area contributed by atoms with Gasteiger partial charge in [-0.05, 0) is 62.1 Å². The zero-order valence-electron chi connectivity index (χ0n) is 21.4. The molecule has 2 fully saturated rings. The van der Waals surface area contributed by atoms with Crippen LogP contribution in [0.25, 0.3) is 22.4 Å². The average Bonchev–Trinajstić information content (AvgIpc) is 3.68. The summed E-state index contributed by atoms with van der Waals surface area (Å²) in [6.07, 6.45) is 4.45. The highest BCUT2D eigenvalue weighted by Crippen LogP contribution is 2.44. The Morgan fingerprint density at radius 3 is 2.42 bits per heavy atom. The molecular weight excluding hydrogens is 485 g/mol. The maximum absolute atomic E-state index is 15.0. The first-order valence-electron chi connectivity index (χ1n) is 13.1. The summed E-state index contributed by atoms with van der Waals surface area (Å²) < 4.78 is 20.3. The summed E-state index contributed by atoms with van der Waals surface area (Å²) in [5, 5.41) is 14.0. The van der Waals surface area contributed by atoms with Gasteiger partial charge in [0.05, 0.1) is 0 Å². The van der Waals surface area contributed by atoms with Crippen LogP contribution >= 0.6 is 0 Å². The van der Waals surface area contributed by atoms with E-state index in [4.69, 9.17) is 10.5 Å². The summed E-state index contributed by atoms with van der Waals surface area (Å²) in [6, 6.07) is 16.4. The number of amides is 2. The van der Waals surface area contributed by atoms with Crippen LogP contribution in [0.3, 0.4) is 0 Å². The largest absolute Gasteiger partial charge is 0.446 e. The lowest BCUT2D eigenvalue weighted by molar-refractivity contribution is -0.117. The van der Waals surface area contributed by atoms with Crippen molar-refractivity contribution in [1.82, 2.24) is 15.5 Å². The van der Waals surface area contributed by atoms with E-state index in [2.05, 4.69) is 20.8 Å². The first kappa shape index (κ1) is 25.8. The van der Waals surface area contributed by atoms with E-state index < -0.39 is 11.6 Å². The van der Waals surface area contributed by atoms with Crippen LogP contribution in [0.5, 0.6) is 0 Å². The van der Waals surface area contributed by atoms with Gasteiger partial charge in [0.1, 0.15) is 17.6 Å². The molecule has 2 aliphatic rings. The Morgan fingerprint density at radius 2 is 1.76 bits per heavy atom. The third-order valence-corrected chi connectivity index (χ3v) is 7.46. The third-order valence-electron chi connectivity index (χ3n) is 7.46. The smallest absolute Gasteiger partial charge is 0.407 e. The quantitative estimate of drug-likeness (QED) is 0.399. The van der Waals surface area contributed by atoms with Crippen LogP contribution in [0.15, 0.2) is 54.6 Å². The maximum Gasteiger partial charge on any atom is 0.407 e. The second kappa shape index (κ2) is 10.9. The van der Waals surface area contributed by atoms with Crippen molar-refractivity contribution in [2.45, 2.75) is 56.6 Å². The monoisotopic (exact) mass is 517 g/mol. The van der Waals surface area contributed by atoms with E-state index in [1.807, 2.05) is 36.4 Å². The van der Waals surface area contributed by atoms with Crippen molar-refractivity contribution in [3.8, 4) is 22.4 Å². The molecule has 198 valence electrons. The zero-order chi connectivity index (χ0) is 26.7. The Kier molecular flexibility index (Phi) is 7.37. The predicted octanol–water partition coefficient (Wildman–Crippen LogP) is 5.14. The minimum atomic E-state index is -0.568. The molecule has 2 amide bonds. The number of benzene rings is 2. The van der Waals surface area contributed by atoms with E-state index in [0.717, 1.165) is 49.7 Å². The predicted molar refractivity (Wildman–Crippen MR) is 142 cm³/mol. The molecule has 9 heteroatoms. The summed E-state index contributed by atoms with van der Waals surface area (Å²) in [5.41, 5.74) is 8.90. The van der Waals surface area contributed by atoms with E-state index in [1.165, 1.54) is 13.1 Å². The number of carbonyl (C=O) groups is 2. The average molecular weight is 518 g/mol. The van der Waals surface area contributed by atoms with Crippen LogP contribution < -0.4 is 16.4 Å². The molecule has 4 N–H and O–H groups in total. The van der Waals surface area contributed by atoms with Gasteiger partial charge in [-0.15, -0.1) is 10.2 Å². The molecule has 2 aliphatic carbocycles. The summed E-state index contributed by atoms with van der Waals surface area (Å²) in [4.78, 5) is 24.3. The number of nitrogens with one attached hydrogen (secondary N) is 2. The maximum atomic E-state index is 15.0. The van der Waals surface area contributed by atoms with E-state index in [1.54, 1.807) is 12.1 Å². The number of hydrogen-bond acceptors (Lipinski definition) is 6. The normalized spacial score (nSPS) is 19.9. The van der Waals surface area contributed by atoms with Gasteiger partial charge in [-0.3, -0.25) is 4.79 Å². The molecule has 38 heavy (non-hydrogen) atoms. The highest BCUT2D eigenvalue weighted by Gasteiger charge is 2.42. The molecule has 5 rings (SSSR count). The number of aromatic nitrogens is 2. The lowest BCUT2D eigenvalue weighted by Crippen LogP contribution is -2.30. The van der Waals surface area contributed by atoms with Gasteiger partial charge in [-0.1, -0.05) is 42.5 Å². The molecular formula is C29H32FN5O3. The van der Waals surface area contributed by atoms with Crippen LogP contribution in [0.2, 0.25) is 0 Å². The fourth-order valence-corrected chi connectivity index (χ4v) is 5.09. The zero-order valence-corrected chi connectivity index (χ0v) is 21.4. The van der Waals surface area contributed by atoms with Gasteiger partial charge < -0.3 is 21.1 Å². The molecule has 2 aromatic carbocycles. The highest BCUT2D eigenvalue weighted by atomic mass is 19.1. The van der Waals surface area contributed by atoms with Gasteiger partial charge in [0.25, 0.3) is 0 Å². The first-order chi connectivity index (χ1) is 18.3. The molecule has 0 bridgehead atoms. The SMILES string of the molecule is CNC(=O)O[C@H]1CC[C@H](CC(=O)Nc2cc(-c3ccccc3)c(-c3ccc(C4(N)CC4)c(F)c3)nn2)CC1. The topological polar surface area (TPSA) is 119 Å². The first-order valence-corrected chi connectivity index (χ1v) is 13.1. The van der Waals surface area contributed by atoms with Crippen molar-refractivity contribution < 1.29 is 18.7 Å². The molecule has 1 heterocycles. The molecule has 0 saturated heterocycles. The molecule has 0 spiro atoms. The van der Waals surface area contributed by atoms with Gasteiger partial charge >= 0.3 is 6.09 Å². The molecule has 3 aromatic rings. The number of halogens is 1. The summed E-state index contributed by atoms with van der Waals surface area (Å²) in [6.45, 7) is 0. The fraction of sp³-hybridized carbons (Fsp3) is 0.379. The number of hydrogen-bond donors (Lipinski definition) is 3. The van der Waals surface area contributed by atoms with Crippen molar-refractivity contribution in [1.29, 1.82) is 0 Å². The van der Waals surface area contributed by atoms with Gasteiger partial charge in [0.15, 0.2) is 5.82 Å². The standard InChI is InChI=1S/C29H32FN5O3/c1-32-28(37)38-21-10-7-18(8-11-21)15-26(36)33-25-17-22(19-5-3-2-4-6-19)27(35-34-25)20-9-12-23(24(30)16-20)29(31)13-14-29/h2-6,9,12,16-18,21H,7-8,10-11,13-15,31H2,1H3,(H,32,37)(H,33,34,36)/t18-,21-. The van der Waals surface area contributed by atoms with E-state index in [9.17, 15) is 14.0 Å². The second-order valence-electron chi connectivity index (χ2n) is 10.3. The van der Waals surface area contributed by atoms with Crippen molar-refractivity contribution in [2.24, 2.45) is 11.7 Å². The Labute approximate surface area is 221 Å². The Bertz CT molecular complexity index is 1320. The molecule has 0 unspecified atom stereocenters. The minimum absolute atomic E-state index is 0.111. The van der Waals surface area contributed by atoms with Crippen molar-refractivity contribution in [2.75, 3.05) is 12.4 Å². The Balaban J connectivity index is 1.31. The fourth-order valence-electron chi connectivity index (χ4n) is 5.09. The molecule has 0 aliphatic heterocycles. The van der Waals surface area contributed by atoms with Gasteiger partial charge in [-0.2, -0.15) is 0 Å². The number of carbonyl (C=O) groups excluding carboxylic acids is 2. The van der Waals surface area contributed by atoms with Gasteiger partial charge in [-0.25, -0.2) is 9.18 Å². The van der Waals surface area contributed by atoms with Crippen molar-refractivity contribution >= 4 is 17.8 Å². The number of nitrogens with zero attached hydrogens (tertiary/aromatic N) is 2. The van der Waals surface area contributed by atoms with Crippen LogP contribution in [-0.2, 0) is 15.1 Å². The number of anilines is 1. The highest BCUT2D eigenvalue weighted by molar-refractivity contribution is 5.91. The molecule has 0 radical (unpaired) electrons. The Morgan fingerprint density at radius 1 is 1.03 bits per heavy atom. The molecule has 1 aromatic heterocycles. The van der Waals surface area contributed by atoms with Crippen LogP contribution in [0.4, 0.5) is 15.0 Å². The number of nitrogens with two attached hydrogens (primary N) is 1. The molecule has 0 atom stereocenters. The van der Waals surface area contributed by atoms with E-state index in [-0.39, 0.29) is 23.7 Å². The minimum Gasteiger partial charge on any atom is -0.446 e. The van der Waals surface area contributed by atoms with Crippen molar-refractivity contribution in [3.63, 3.8) is 0 Å². The summed E-state index contributed by atoms with van der Waals surface area (Å²) in [5.74, 6) is 0.0512. The number of ether oxygens (including phenoxy) is 1.